The zero-order chi connectivity index (χ0) is 29.3. The summed E-state index contributed by atoms with van der Waals surface area (Å²) in [5, 5.41) is 2.84. The highest BCUT2D eigenvalue weighted by Crippen LogP contribution is 2.34. The quantitative estimate of drug-likeness (QED) is 0.306. The van der Waals surface area contributed by atoms with Crippen molar-refractivity contribution in [2.75, 3.05) is 37.9 Å². The molecule has 0 saturated heterocycles. The molecule has 3 rings (SSSR count). The fourth-order valence-electron chi connectivity index (χ4n) is 4.26. The predicted molar refractivity (Wildman–Crippen MR) is 159 cm³/mol. The number of carbonyl (C=O) groups is 2. The van der Waals surface area contributed by atoms with E-state index in [1.165, 1.54) is 25.2 Å². The molecule has 40 heavy (non-hydrogen) atoms. The number of anilines is 1. The summed E-state index contributed by atoms with van der Waals surface area (Å²) in [5.74, 6) is -0.240. The minimum atomic E-state index is -3.96. The molecule has 1 N–H and O–H groups in total. The standard InChI is InChI=1S/C29H34BrN3O6S/c1-5-31-29(35)26(17-21-10-7-6-8-11-21)32(19-22-12-9-13-23(30)16-22)28(34)20-33(40(4,36)37)25-18-24(38-2)14-15-27(25)39-3/h6-16,18,26H,5,17,19-20H2,1-4H3,(H,31,35). The molecule has 9 nitrogen and oxygen atoms in total. The number of amides is 2. The highest BCUT2D eigenvalue weighted by atomic mass is 79.9. The van der Waals surface area contributed by atoms with Gasteiger partial charge in [-0.3, -0.25) is 13.9 Å². The summed E-state index contributed by atoms with van der Waals surface area (Å²) in [6, 6.07) is 20.6. The Kier molecular flexibility index (Phi) is 11.0. The Morgan fingerprint density at radius 1 is 0.950 bits per heavy atom. The van der Waals surface area contributed by atoms with Gasteiger partial charge in [0.05, 0.1) is 26.2 Å². The van der Waals surface area contributed by atoms with E-state index in [1.54, 1.807) is 19.1 Å². The third-order valence-corrected chi connectivity index (χ3v) is 7.82. The average molecular weight is 633 g/mol. The Hall–Kier alpha value is -3.57. The lowest BCUT2D eigenvalue weighted by Gasteiger charge is -2.33. The van der Waals surface area contributed by atoms with Gasteiger partial charge in [0.1, 0.15) is 24.1 Å². The molecule has 214 valence electrons. The smallest absolute Gasteiger partial charge is 0.244 e. The second kappa shape index (κ2) is 14.2. The summed E-state index contributed by atoms with van der Waals surface area (Å²) in [6.07, 6.45) is 1.26. The monoisotopic (exact) mass is 631 g/mol. The zero-order valence-corrected chi connectivity index (χ0v) is 25.4. The summed E-state index contributed by atoms with van der Waals surface area (Å²) < 4.78 is 38.6. The van der Waals surface area contributed by atoms with Crippen LogP contribution in [-0.4, -0.2) is 64.7 Å². The van der Waals surface area contributed by atoms with Gasteiger partial charge < -0.3 is 19.7 Å². The first-order chi connectivity index (χ1) is 19.1. The topological polar surface area (TPSA) is 105 Å². The molecule has 1 unspecified atom stereocenters. The molecule has 11 heteroatoms. The minimum absolute atomic E-state index is 0.0831. The molecule has 0 aromatic heterocycles. The molecule has 3 aromatic carbocycles. The van der Waals surface area contributed by atoms with Gasteiger partial charge in [-0.05, 0) is 42.3 Å². The van der Waals surface area contributed by atoms with Crippen molar-refractivity contribution in [1.82, 2.24) is 10.2 Å². The molecule has 0 bridgehead atoms. The summed E-state index contributed by atoms with van der Waals surface area (Å²) in [5.41, 5.74) is 1.79. The molecular weight excluding hydrogens is 598 g/mol. The highest BCUT2D eigenvalue weighted by molar-refractivity contribution is 9.10. The molecule has 0 fully saturated rings. The van der Waals surface area contributed by atoms with E-state index in [1.807, 2.05) is 54.6 Å². The van der Waals surface area contributed by atoms with Gasteiger partial charge in [0.25, 0.3) is 0 Å². The Morgan fingerprint density at radius 3 is 2.25 bits per heavy atom. The van der Waals surface area contributed by atoms with Crippen LogP contribution in [0.2, 0.25) is 0 Å². The first kappa shape index (κ1) is 31.0. The fraction of sp³-hybridized carbons (Fsp3) is 0.310. The van der Waals surface area contributed by atoms with Crippen molar-refractivity contribution in [3.63, 3.8) is 0 Å². The predicted octanol–water partition coefficient (Wildman–Crippen LogP) is 4.01. The number of nitrogens with one attached hydrogen (secondary N) is 1. The van der Waals surface area contributed by atoms with E-state index >= 15 is 0 Å². The number of likely N-dealkylation sites (N-methyl/N-ethyl adjacent to an activating group) is 1. The van der Waals surface area contributed by atoms with Crippen LogP contribution in [0.5, 0.6) is 11.5 Å². The Morgan fingerprint density at radius 2 is 1.65 bits per heavy atom. The van der Waals surface area contributed by atoms with Crippen LogP contribution in [0.25, 0.3) is 0 Å². The average Bonchev–Trinajstić information content (AvgIpc) is 2.93. The van der Waals surface area contributed by atoms with Gasteiger partial charge in [0, 0.05) is 30.0 Å². The van der Waals surface area contributed by atoms with Crippen molar-refractivity contribution in [2.45, 2.75) is 25.9 Å². The zero-order valence-electron chi connectivity index (χ0n) is 23.0. The Labute approximate surface area is 244 Å². The van der Waals surface area contributed by atoms with Gasteiger partial charge in [-0.1, -0.05) is 58.4 Å². The lowest BCUT2D eigenvalue weighted by Crippen LogP contribution is -2.53. The number of carbonyl (C=O) groups excluding carboxylic acids is 2. The van der Waals surface area contributed by atoms with Gasteiger partial charge in [-0.15, -0.1) is 0 Å². The molecule has 0 aliphatic carbocycles. The van der Waals surface area contributed by atoms with Crippen LogP contribution >= 0.6 is 15.9 Å². The van der Waals surface area contributed by atoms with Crippen LogP contribution in [0.15, 0.2) is 77.3 Å². The number of halogens is 1. The van der Waals surface area contributed by atoms with E-state index in [0.29, 0.717) is 12.3 Å². The van der Waals surface area contributed by atoms with E-state index in [2.05, 4.69) is 21.2 Å². The van der Waals surface area contributed by atoms with Crippen molar-refractivity contribution in [2.24, 2.45) is 0 Å². The van der Waals surface area contributed by atoms with Crippen LogP contribution in [0.3, 0.4) is 0 Å². The molecule has 2 amide bonds. The second-order valence-electron chi connectivity index (χ2n) is 9.06. The van der Waals surface area contributed by atoms with Crippen molar-refractivity contribution < 1.29 is 27.5 Å². The van der Waals surface area contributed by atoms with Crippen molar-refractivity contribution in [3.8, 4) is 11.5 Å². The Bertz CT molecular complexity index is 1420. The summed E-state index contributed by atoms with van der Waals surface area (Å²) in [4.78, 5) is 29.0. The first-order valence-corrected chi connectivity index (χ1v) is 15.3. The molecule has 3 aromatic rings. The molecule has 0 spiro atoms. The number of benzene rings is 3. The van der Waals surface area contributed by atoms with E-state index in [0.717, 1.165) is 26.2 Å². The Balaban J connectivity index is 2.09. The molecule has 0 aliphatic rings. The number of sulfonamides is 1. The van der Waals surface area contributed by atoms with E-state index in [-0.39, 0.29) is 30.3 Å². The van der Waals surface area contributed by atoms with Crippen molar-refractivity contribution in [1.29, 1.82) is 0 Å². The van der Waals surface area contributed by atoms with Gasteiger partial charge >= 0.3 is 0 Å². The number of methoxy groups -OCH3 is 2. The molecular formula is C29H34BrN3O6S. The van der Waals surface area contributed by atoms with Crippen molar-refractivity contribution in [3.05, 3.63) is 88.4 Å². The maximum absolute atomic E-state index is 14.1. The molecule has 1 atom stereocenters. The lowest BCUT2D eigenvalue weighted by molar-refractivity contribution is -0.140. The number of hydrogen-bond acceptors (Lipinski definition) is 6. The van der Waals surface area contributed by atoms with E-state index in [4.69, 9.17) is 9.47 Å². The van der Waals surface area contributed by atoms with Crippen LogP contribution in [0, 0.1) is 0 Å². The first-order valence-electron chi connectivity index (χ1n) is 12.6. The number of ether oxygens (including phenoxy) is 2. The number of nitrogens with zero attached hydrogens (tertiary/aromatic N) is 2. The largest absolute Gasteiger partial charge is 0.497 e. The third kappa shape index (κ3) is 8.22. The van der Waals surface area contributed by atoms with Gasteiger partial charge in [-0.2, -0.15) is 0 Å². The fourth-order valence-corrected chi connectivity index (χ4v) is 5.56. The summed E-state index contributed by atoms with van der Waals surface area (Å²) >= 11 is 3.46. The van der Waals surface area contributed by atoms with Crippen molar-refractivity contribution >= 4 is 43.5 Å². The van der Waals surface area contributed by atoms with Gasteiger partial charge in [0.2, 0.25) is 21.8 Å². The number of rotatable bonds is 13. The number of hydrogen-bond donors (Lipinski definition) is 1. The maximum atomic E-state index is 14.1. The van der Waals surface area contributed by atoms with E-state index < -0.39 is 28.5 Å². The van der Waals surface area contributed by atoms with Crippen LogP contribution in [0.4, 0.5) is 5.69 Å². The summed E-state index contributed by atoms with van der Waals surface area (Å²) in [7, 11) is -1.08. The lowest BCUT2D eigenvalue weighted by atomic mass is 10.0. The molecule has 0 radical (unpaired) electrons. The second-order valence-corrected chi connectivity index (χ2v) is 11.9. The maximum Gasteiger partial charge on any atom is 0.244 e. The van der Waals surface area contributed by atoms with Crippen LogP contribution in [0.1, 0.15) is 18.1 Å². The third-order valence-electron chi connectivity index (χ3n) is 6.20. The van der Waals surface area contributed by atoms with Crippen LogP contribution in [-0.2, 0) is 32.6 Å². The molecule has 0 saturated carbocycles. The minimum Gasteiger partial charge on any atom is -0.497 e. The SMILES string of the molecule is CCNC(=O)C(Cc1ccccc1)N(Cc1cccc(Br)c1)C(=O)CN(c1cc(OC)ccc1OC)S(C)(=O)=O. The van der Waals surface area contributed by atoms with Gasteiger partial charge in [0.15, 0.2) is 0 Å². The van der Waals surface area contributed by atoms with Gasteiger partial charge in [-0.25, -0.2) is 8.42 Å². The normalized spacial score (nSPS) is 11.8. The van der Waals surface area contributed by atoms with Crippen LogP contribution < -0.4 is 19.1 Å². The van der Waals surface area contributed by atoms with E-state index in [9.17, 15) is 18.0 Å². The highest BCUT2D eigenvalue weighted by Gasteiger charge is 2.33. The molecule has 0 aliphatic heterocycles. The summed E-state index contributed by atoms with van der Waals surface area (Å²) in [6.45, 7) is 1.71. The molecule has 0 heterocycles.